The monoisotopic (exact) mass is 286 g/mol. The quantitative estimate of drug-likeness (QED) is 0.837. The van der Waals surface area contributed by atoms with Crippen LogP contribution >= 0.6 is 0 Å². The Balaban J connectivity index is 2.38. The maximum Gasteiger partial charge on any atom is 0.225 e. The van der Waals surface area contributed by atoms with E-state index < -0.39 is 0 Å². The first-order valence-corrected chi connectivity index (χ1v) is 7.87. The number of nitrogens with zero attached hydrogens (tertiary/aromatic N) is 3. The van der Waals surface area contributed by atoms with E-state index in [9.17, 15) is 0 Å². The van der Waals surface area contributed by atoms with Crippen LogP contribution in [0.2, 0.25) is 0 Å². The van der Waals surface area contributed by atoms with Gasteiger partial charge in [0, 0.05) is 25.5 Å². The predicted octanol–water partition coefficient (Wildman–Crippen LogP) is 3.93. The second-order valence-electron chi connectivity index (χ2n) is 5.71. The first-order chi connectivity index (χ1) is 10.2. The van der Waals surface area contributed by atoms with E-state index in [1.54, 1.807) is 0 Å². The lowest BCUT2D eigenvalue weighted by atomic mass is 10.1. The van der Waals surface area contributed by atoms with Crippen molar-refractivity contribution in [1.29, 1.82) is 0 Å². The van der Waals surface area contributed by atoms with Gasteiger partial charge in [0.2, 0.25) is 5.95 Å². The van der Waals surface area contributed by atoms with Crippen LogP contribution in [0.5, 0.6) is 0 Å². The number of anilines is 2. The van der Waals surface area contributed by atoms with Crippen LogP contribution < -0.4 is 10.2 Å². The van der Waals surface area contributed by atoms with E-state index >= 15 is 0 Å². The molecule has 1 heterocycles. The summed E-state index contributed by atoms with van der Waals surface area (Å²) in [4.78, 5) is 11.6. The summed E-state index contributed by atoms with van der Waals surface area (Å²) in [5, 5.41) is 4.42. The largest absolute Gasteiger partial charge is 0.359 e. The highest BCUT2D eigenvalue weighted by molar-refractivity contribution is 5.90. The van der Waals surface area contributed by atoms with Crippen molar-refractivity contribution in [1.82, 2.24) is 9.97 Å². The number of hydrogen-bond acceptors (Lipinski definition) is 4. The highest BCUT2D eigenvalue weighted by Gasteiger charge is 2.13. The molecule has 0 aliphatic rings. The lowest BCUT2D eigenvalue weighted by molar-refractivity contribution is 0.558. The zero-order chi connectivity index (χ0) is 15.2. The van der Waals surface area contributed by atoms with Crippen LogP contribution in [0, 0.1) is 5.92 Å². The number of aromatic nitrogens is 2. The highest BCUT2D eigenvalue weighted by Crippen LogP contribution is 2.25. The molecule has 1 N–H and O–H groups in total. The number of para-hydroxylation sites is 1. The van der Waals surface area contributed by atoms with Crippen molar-refractivity contribution < 1.29 is 0 Å². The SMILES string of the molecule is CCCNc1nc(N(C)CC(C)CC)c2ccccc2n1. The normalized spacial score (nSPS) is 12.4. The van der Waals surface area contributed by atoms with Crippen LogP contribution in [-0.4, -0.2) is 30.1 Å². The third-order valence-electron chi connectivity index (χ3n) is 3.76. The first kappa shape index (κ1) is 15.5. The number of fused-ring (bicyclic) bond motifs is 1. The summed E-state index contributed by atoms with van der Waals surface area (Å²) in [7, 11) is 2.12. The third kappa shape index (κ3) is 3.84. The molecule has 1 atom stereocenters. The summed E-state index contributed by atoms with van der Waals surface area (Å²) in [6, 6.07) is 8.22. The molecule has 21 heavy (non-hydrogen) atoms. The molecule has 0 aliphatic carbocycles. The van der Waals surface area contributed by atoms with Crippen LogP contribution in [0.3, 0.4) is 0 Å². The molecule has 4 heteroatoms. The molecule has 114 valence electrons. The topological polar surface area (TPSA) is 41.1 Å². The van der Waals surface area contributed by atoms with Gasteiger partial charge in [0.25, 0.3) is 0 Å². The average Bonchev–Trinajstić information content (AvgIpc) is 2.51. The zero-order valence-corrected chi connectivity index (χ0v) is 13.6. The molecule has 2 rings (SSSR count). The Hall–Kier alpha value is -1.84. The summed E-state index contributed by atoms with van der Waals surface area (Å²) < 4.78 is 0. The van der Waals surface area contributed by atoms with E-state index in [1.165, 1.54) is 6.42 Å². The molecule has 0 bridgehead atoms. The van der Waals surface area contributed by atoms with E-state index in [2.05, 4.69) is 55.2 Å². The molecule has 0 saturated carbocycles. The van der Waals surface area contributed by atoms with Crippen molar-refractivity contribution in [2.75, 3.05) is 30.4 Å². The van der Waals surface area contributed by atoms with Gasteiger partial charge in [0.1, 0.15) is 5.82 Å². The summed E-state index contributed by atoms with van der Waals surface area (Å²) in [5.74, 6) is 2.39. The molecule has 0 amide bonds. The third-order valence-corrected chi connectivity index (χ3v) is 3.76. The van der Waals surface area contributed by atoms with Gasteiger partial charge in [-0.3, -0.25) is 0 Å². The van der Waals surface area contributed by atoms with Gasteiger partial charge in [-0.15, -0.1) is 0 Å². The van der Waals surface area contributed by atoms with Crippen molar-refractivity contribution in [2.24, 2.45) is 5.92 Å². The molecular formula is C17H26N4. The Labute approximate surface area is 127 Å². The number of nitrogens with one attached hydrogen (secondary N) is 1. The Kier molecular flexibility index (Phi) is 5.37. The minimum absolute atomic E-state index is 0.649. The summed E-state index contributed by atoms with van der Waals surface area (Å²) in [6.07, 6.45) is 2.24. The van der Waals surface area contributed by atoms with Gasteiger partial charge in [-0.2, -0.15) is 4.98 Å². The molecule has 0 radical (unpaired) electrons. The van der Waals surface area contributed by atoms with Gasteiger partial charge in [-0.05, 0) is 24.5 Å². The Morgan fingerprint density at radius 3 is 2.67 bits per heavy atom. The van der Waals surface area contributed by atoms with Crippen LogP contribution in [0.25, 0.3) is 10.9 Å². The van der Waals surface area contributed by atoms with Gasteiger partial charge >= 0.3 is 0 Å². The molecule has 0 saturated heterocycles. The lowest BCUT2D eigenvalue weighted by Crippen LogP contribution is -2.25. The van der Waals surface area contributed by atoms with Crippen molar-refractivity contribution >= 4 is 22.7 Å². The van der Waals surface area contributed by atoms with Crippen LogP contribution in [0.15, 0.2) is 24.3 Å². The summed E-state index contributed by atoms with van der Waals surface area (Å²) in [5.41, 5.74) is 0.997. The smallest absolute Gasteiger partial charge is 0.225 e. The Bertz CT molecular complexity index is 582. The van der Waals surface area contributed by atoms with E-state index in [4.69, 9.17) is 4.98 Å². The zero-order valence-electron chi connectivity index (χ0n) is 13.6. The van der Waals surface area contributed by atoms with Crippen molar-refractivity contribution in [3.63, 3.8) is 0 Å². The number of rotatable bonds is 7. The molecule has 2 aromatic rings. The molecule has 0 fully saturated rings. The molecule has 1 unspecified atom stereocenters. The molecular weight excluding hydrogens is 260 g/mol. The maximum atomic E-state index is 4.73. The van der Waals surface area contributed by atoms with E-state index in [-0.39, 0.29) is 0 Å². The number of hydrogen-bond donors (Lipinski definition) is 1. The van der Waals surface area contributed by atoms with Gasteiger partial charge in [-0.25, -0.2) is 4.98 Å². The lowest BCUT2D eigenvalue weighted by Gasteiger charge is -2.23. The molecule has 0 aliphatic heterocycles. The van der Waals surface area contributed by atoms with Gasteiger partial charge in [-0.1, -0.05) is 39.3 Å². The Morgan fingerprint density at radius 2 is 1.95 bits per heavy atom. The van der Waals surface area contributed by atoms with Gasteiger partial charge in [0.15, 0.2) is 0 Å². The molecule has 1 aromatic heterocycles. The average molecular weight is 286 g/mol. The fourth-order valence-corrected chi connectivity index (χ4v) is 2.35. The van der Waals surface area contributed by atoms with Gasteiger partial charge in [0.05, 0.1) is 5.52 Å². The van der Waals surface area contributed by atoms with Crippen LogP contribution in [-0.2, 0) is 0 Å². The minimum Gasteiger partial charge on any atom is -0.359 e. The second-order valence-corrected chi connectivity index (χ2v) is 5.71. The van der Waals surface area contributed by atoms with Crippen molar-refractivity contribution in [3.05, 3.63) is 24.3 Å². The van der Waals surface area contributed by atoms with Crippen LogP contribution in [0.4, 0.5) is 11.8 Å². The minimum atomic E-state index is 0.649. The van der Waals surface area contributed by atoms with E-state index in [1.807, 2.05) is 12.1 Å². The van der Waals surface area contributed by atoms with Crippen LogP contribution in [0.1, 0.15) is 33.6 Å². The number of benzene rings is 1. The van der Waals surface area contributed by atoms with Gasteiger partial charge < -0.3 is 10.2 Å². The summed E-state index contributed by atoms with van der Waals surface area (Å²) in [6.45, 7) is 8.54. The predicted molar refractivity (Wildman–Crippen MR) is 91.0 cm³/mol. The van der Waals surface area contributed by atoms with Crippen molar-refractivity contribution in [3.8, 4) is 0 Å². The molecule has 0 spiro atoms. The Morgan fingerprint density at radius 1 is 1.19 bits per heavy atom. The fourth-order valence-electron chi connectivity index (χ4n) is 2.35. The molecule has 1 aromatic carbocycles. The maximum absolute atomic E-state index is 4.73. The summed E-state index contributed by atoms with van der Waals surface area (Å²) >= 11 is 0. The first-order valence-electron chi connectivity index (χ1n) is 7.87. The van der Waals surface area contributed by atoms with E-state index in [0.717, 1.165) is 42.2 Å². The highest BCUT2D eigenvalue weighted by atomic mass is 15.2. The molecule has 4 nitrogen and oxygen atoms in total. The fraction of sp³-hybridized carbons (Fsp3) is 0.529. The van der Waals surface area contributed by atoms with E-state index in [0.29, 0.717) is 5.92 Å². The van der Waals surface area contributed by atoms with Crippen molar-refractivity contribution in [2.45, 2.75) is 33.6 Å². The second kappa shape index (κ2) is 7.25. The standard InChI is InChI=1S/C17H26N4/c1-5-11-18-17-19-15-10-8-7-9-14(15)16(20-17)21(4)12-13(3)6-2/h7-10,13H,5-6,11-12H2,1-4H3,(H,18,19,20).